The molecule has 0 spiro atoms. The third kappa shape index (κ3) is 4.35. The maximum Gasteiger partial charge on any atom is 2.00 e. The van der Waals surface area contributed by atoms with Crippen molar-refractivity contribution in [2.75, 3.05) is 0 Å². The largest absolute Gasteiger partial charge is 2.00 e. The average Bonchev–Trinajstić information content (AvgIpc) is 3.29. The fourth-order valence-electron chi connectivity index (χ4n) is 2.75. The van der Waals surface area contributed by atoms with Gasteiger partial charge < -0.3 is 0 Å². The number of aryl methyl sites for hydroxylation is 1. The van der Waals surface area contributed by atoms with Gasteiger partial charge in [0.1, 0.15) is 0 Å². The van der Waals surface area contributed by atoms with Gasteiger partial charge in [-0.25, -0.2) is 12.1 Å². The summed E-state index contributed by atoms with van der Waals surface area (Å²) < 4.78 is 0. The van der Waals surface area contributed by atoms with Crippen LogP contribution in [0.3, 0.4) is 0 Å². The van der Waals surface area contributed by atoms with Gasteiger partial charge in [-0.2, -0.15) is 30.3 Å². The van der Waals surface area contributed by atoms with E-state index in [1.54, 1.807) is 0 Å². The van der Waals surface area contributed by atoms with Crippen LogP contribution in [-0.4, -0.2) is 0 Å². The first kappa shape index (κ1) is 18.0. The Morgan fingerprint density at radius 2 is 1.21 bits per heavy atom. The Hall–Kier alpha value is -2.34. The molecule has 0 bridgehead atoms. The van der Waals surface area contributed by atoms with Crippen LogP contribution in [0.4, 0.5) is 0 Å². The Morgan fingerprint density at radius 3 is 1.71 bits per heavy atom. The van der Waals surface area contributed by atoms with E-state index in [4.69, 9.17) is 0 Å². The maximum absolute atomic E-state index is 2.22. The molecule has 120 valence electrons. The van der Waals surface area contributed by atoms with Gasteiger partial charge in [0.25, 0.3) is 0 Å². The summed E-state index contributed by atoms with van der Waals surface area (Å²) >= 11 is 0. The normalized spacial score (nSPS) is 9.54. The SMILES string of the molecule is C[c-]1ccc(-c2ccccc2)c1-c1ccccc1.[Fe+2].c1cc[cH-]c1. The molecule has 0 saturated carbocycles. The van der Waals surface area contributed by atoms with Crippen LogP contribution < -0.4 is 0 Å². The molecule has 0 saturated heterocycles. The quantitative estimate of drug-likeness (QED) is 0.287. The zero-order valence-corrected chi connectivity index (χ0v) is 14.8. The fraction of sp³-hybridized carbons (Fsp3) is 0.0435. The van der Waals surface area contributed by atoms with E-state index in [9.17, 15) is 0 Å². The average molecular weight is 352 g/mol. The molecule has 0 aliphatic heterocycles. The van der Waals surface area contributed by atoms with E-state index in [-0.39, 0.29) is 17.1 Å². The van der Waals surface area contributed by atoms with Gasteiger partial charge in [-0.3, -0.25) is 0 Å². The van der Waals surface area contributed by atoms with Gasteiger partial charge in [-0.15, -0.1) is 16.7 Å². The topological polar surface area (TPSA) is 0 Å². The molecule has 4 rings (SSSR count). The zero-order chi connectivity index (χ0) is 15.9. The first-order chi connectivity index (χ1) is 11.4. The molecule has 0 N–H and O–H groups in total. The Labute approximate surface area is 155 Å². The number of hydrogen-bond donors (Lipinski definition) is 0. The molecule has 0 radical (unpaired) electrons. The molecule has 0 nitrogen and oxygen atoms in total. The molecule has 0 aliphatic carbocycles. The molecule has 0 fully saturated rings. The molecule has 1 heteroatoms. The summed E-state index contributed by atoms with van der Waals surface area (Å²) in [6.07, 6.45) is 0. The second kappa shape index (κ2) is 9.08. The van der Waals surface area contributed by atoms with Crippen LogP contribution >= 0.6 is 0 Å². The van der Waals surface area contributed by atoms with Crippen LogP contribution in [0.1, 0.15) is 5.56 Å². The van der Waals surface area contributed by atoms with Crippen LogP contribution in [0.25, 0.3) is 22.3 Å². The molecule has 0 aromatic heterocycles. The van der Waals surface area contributed by atoms with Gasteiger partial charge in [0.05, 0.1) is 0 Å². The van der Waals surface area contributed by atoms with E-state index < -0.39 is 0 Å². The molecule has 0 heterocycles. The molecule has 0 unspecified atom stereocenters. The van der Waals surface area contributed by atoms with Gasteiger partial charge in [0, 0.05) is 0 Å². The third-order valence-corrected chi connectivity index (χ3v) is 3.87. The first-order valence-electron chi connectivity index (χ1n) is 7.90. The van der Waals surface area contributed by atoms with Gasteiger partial charge in [-0.05, 0) is 0 Å². The molecule has 0 amide bonds. The summed E-state index contributed by atoms with van der Waals surface area (Å²) in [5.74, 6) is 0. The predicted octanol–water partition coefficient (Wildman–Crippen LogP) is 6.45. The number of benzene rings is 2. The van der Waals surface area contributed by atoms with Crippen molar-refractivity contribution >= 4 is 0 Å². The standard InChI is InChI=1S/C18H15.C5H5.Fe/c1-14-12-13-17(15-8-4-2-5-9-15)18(14)16-10-6-3-7-11-16;1-2-4-5-3-1;/h2-13H,1H3;1-5H;/q2*-1;+2. The van der Waals surface area contributed by atoms with Crippen LogP contribution in [0.15, 0.2) is 103 Å². The summed E-state index contributed by atoms with van der Waals surface area (Å²) in [5, 5.41) is 0. The van der Waals surface area contributed by atoms with Crippen molar-refractivity contribution in [1.29, 1.82) is 0 Å². The van der Waals surface area contributed by atoms with Gasteiger partial charge in [-0.1, -0.05) is 78.7 Å². The Kier molecular flexibility index (Phi) is 6.81. The molecule has 0 aliphatic rings. The van der Waals surface area contributed by atoms with E-state index in [0.717, 1.165) is 0 Å². The molecule has 0 atom stereocenters. The smallest absolute Gasteiger partial charge is 0.214 e. The molecule has 24 heavy (non-hydrogen) atoms. The molecule has 4 aromatic carbocycles. The molecular formula is C23H20Fe. The van der Waals surface area contributed by atoms with Crippen molar-refractivity contribution in [2.24, 2.45) is 0 Å². The minimum Gasteiger partial charge on any atom is -0.214 e. The zero-order valence-electron chi connectivity index (χ0n) is 13.7. The fourth-order valence-corrected chi connectivity index (χ4v) is 2.75. The van der Waals surface area contributed by atoms with E-state index >= 15 is 0 Å². The maximum atomic E-state index is 2.22. The second-order valence-corrected chi connectivity index (χ2v) is 5.50. The van der Waals surface area contributed by atoms with Crippen LogP contribution in [0.5, 0.6) is 0 Å². The minimum atomic E-state index is 0. The van der Waals surface area contributed by atoms with Crippen molar-refractivity contribution in [2.45, 2.75) is 6.92 Å². The molecular weight excluding hydrogens is 332 g/mol. The summed E-state index contributed by atoms with van der Waals surface area (Å²) in [6.45, 7) is 2.18. The van der Waals surface area contributed by atoms with E-state index in [0.29, 0.717) is 0 Å². The first-order valence-corrected chi connectivity index (χ1v) is 7.90. The van der Waals surface area contributed by atoms with Crippen molar-refractivity contribution in [3.63, 3.8) is 0 Å². The number of rotatable bonds is 2. The van der Waals surface area contributed by atoms with Crippen LogP contribution in [0, 0.1) is 6.92 Å². The summed E-state index contributed by atoms with van der Waals surface area (Å²) in [5.41, 5.74) is 6.57. The van der Waals surface area contributed by atoms with Gasteiger partial charge in [0.15, 0.2) is 0 Å². The van der Waals surface area contributed by atoms with Gasteiger partial charge >= 0.3 is 17.1 Å². The van der Waals surface area contributed by atoms with Gasteiger partial charge in [0.2, 0.25) is 0 Å². The van der Waals surface area contributed by atoms with Crippen molar-refractivity contribution < 1.29 is 17.1 Å². The van der Waals surface area contributed by atoms with Crippen molar-refractivity contribution in [1.82, 2.24) is 0 Å². The van der Waals surface area contributed by atoms with Crippen molar-refractivity contribution in [3.8, 4) is 22.3 Å². The second-order valence-electron chi connectivity index (χ2n) is 5.50. The monoisotopic (exact) mass is 352 g/mol. The summed E-state index contributed by atoms with van der Waals surface area (Å²) in [7, 11) is 0. The third-order valence-electron chi connectivity index (χ3n) is 3.87. The van der Waals surface area contributed by atoms with E-state index in [1.165, 1.54) is 27.8 Å². The van der Waals surface area contributed by atoms with E-state index in [2.05, 4.69) is 79.7 Å². The Bertz CT molecular complexity index is 792. The van der Waals surface area contributed by atoms with Crippen molar-refractivity contribution in [3.05, 3.63) is 109 Å². The summed E-state index contributed by atoms with van der Waals surface area (Å²) in [4.78, 5) is 0. The Balaban J connectivity index is 0.000000300. The minimum absolute atomic E-state index is 0. The predicted molar refractivity (Wildman–Crippen MR) is 99.7 cm³/mol. The Morgan fingerprint density at radius 1 is 0.667 bits per heavy atom. The number of hydrogen-bond acceptors (Lipinski definition) is 0. The molecule has 4 aromatic rings. The van der Waals surface area contributed by atoms with E-state index in [1.807, 2.05) is 30.3 Å². The van der Waals surface area contributed by atoms with Crippen LogP contribution in [-0.2, 0) is 17.1 Å². The summed E-state index contributed by atoms with van der Waals surface area (Å²) in [6, 6.07) is 35.6. The van der Waals surface area contributed by atoms with Crippen LogP contribution in [0.2, 0.25) is 0 Å².